The second kappa shape index (κ2) is 8.93. The molecule has 2 aliphatic rings. The molecule has 3 aromatic rings. The monoisotopic (exact) mass is 450 g/mol. The Morgan fingerprint density at radius 2 is 1.67 bits per heavy atom. The zero-order valence-electron chi connectivity index (χ0n) is 18.2. The third kappa shape index (κ3) is 4.02. The fourth-order valence-electron chi connectivity index (χ4n) is 4.32. The lowest BCUT2D eigenvalue weighted by Gasteiger charge is -2.18. The lowest BCUT2D eigenvalue weighted by Crippen LogP contribution is -2.35. The number of likely N-dealkylation sites (tertiary alicyclic amines) is 1. The van der Waals surface area contributed by atoms with Gasteiger partial charge in [-0.2, -0.15) is 5.10 Å². The van der Waals surface area contributed by atoms with E-state index in [0.29, 0.717) is 22.0 Å². The van der Waals surface area contributed by atoms with Gasteiger partial charge in [0.2, 0.25) is 11.8 Å². The average Bonchev–Trinajstić information content (AvgIpc) is 3.39. The first kappa shape index (κ1) is 22.3. The molecule has 0 radical (unpaired) electrons. The molecule has 33 heavy (non-hydrogen) atoms. The number of rotatable bonds is 3. The topological polar surface area (TPSA) is 112 Å². The van der Waals surface area contributed by atoms with E-state index < -0.39 is 35.4 Å². The minimum Gasteiger partial charge on any atom is -0.337 e. The van der Waals surface area contributed by atoms with Crippen LogP contribution < -0.4 is 10.9 Å². The van der Waals surface area contributed by atoms with Crippen molar-refractivity contribution in [2.24, 2.45) is 11.8 Å². The third-order valence-electron chi connectivity index (χ3n) is 5.93. The molecule has 3 amide bonds. The number of H-pyrrole nitrogens is 1. The number of hydrogen-bond donors (Lipinski definition) is 2. The van der Waals surface area contributed by atoms with Crippen molar-refractivity contribution in [1.29, 1.82) is 0 Å². The maximum Gasteiger partial charge on any atom is 0.272 e. The van der Waals surface area contributed by atoms with Gasteiger partial charge < -0.3 is 4.90 Å². The predicted molar refractivity (Wildman–Crippen MR) is 119 cm³/mol. The lowest BCUT2D eigenvalue weighted by atomic mass is 10.00. The maximum atomic E-state index is 14.5. The fourth-order valence-corrected chi connectivity index (χ4v) is 4.32. The summed E-state index contributed by atoms with van der Waals surface area (Å²) < 4.78 is 14.5. The molecule has 2 aliphatic heterocycles. The number of nitrogens with one attached hydrogen (secondary N) is 2. The smallest absolute Gasteiger partial charge is 0.272 e. The van der Waals surface area contributed by atoms with E-state index in [1.54, 1.807) is 30.3 Å². The molecule has 1 aromatic heterocycles. The molecule has 2 saturated heterocycles. The predicted octanol–water partition coefficient (Wildman–Crippen LogP) is 2.02. The Kier molecular flexibility index (Phi) is 6.04. The number of carbonyl (C=O) groups excluding carboxylic acids is 3. The van der Waals surface area contributed by atoms with Crippen LogP contribution in [0.1, 0.15) is 35.5 Å². The van der Waals surface area contributed by atoms with E-state index in [9.17, 15) is 23.6 Å². The lowest BCUT2D eigenvalue weighted by molar-refractivity contribution is -0.126. The van der Waals surface area contributed by atoms with Crippen LogP contribution in [0.5, 0.6) is 0 Å². The fraction of sp³-hybridized carbons (Fsp3) is 0.292. The minimum atomic E-state index is -0.680. The molecule has 2 fully saturated rings. The van der Waals surface area contributed by atoms with Crippen molar-refractivity contribution in [2.75, 3.05) is 13.1 Å². The van der Waals surface area contributed by atoms with Crippen LogP contribution in [0.25, 0.3) is 10.8 Å². The quantitative estimate of drug-likeness (QED) is 0.593. The molecule has 0 spiro atoms. The summed E-state index contributed by atoms with van der Waals surface area (Å²) in [5.41, 5.74) is 0.812. The Labute approximate surface area is 188 Å². The summed E-state index contributed by atoms with van der Waals surface area (Å²) in [6, 6.07) is 11.3. The van der Waals surface area contributed by atoms with Crippen molar-refractivity contribution in [3.05, 3.63) is 75.5 Å². The largest absolute Gasteiger partial charge is 0.337 e. The van der Waals surface area contributed by atoms with E-state index in [2.05, 4.69) is 15.5 Å². The number of amides is 3. The molecule has 0 aliphatic carbocycles. The van der Waals surface area contributed by atoms with E-state index in [4.69, 9.17) is 0 Å². The highest BCUT2D eigenvalue weighted by atomic mass is 19.1. The molecule has 5 rings (SSSR count). The first-order valence-electron chi connectivity index (χ1n) is 10.8. The van der Waals surface area contributed by atoms with Gasteiger partial charge in [0, 0.05) is 24.9 Å². The highest BCUT2D eigenvalue weighted by Crippen LogP contribution is 2.30. The second-order valence-corrected chi connectivity index (χ2v) is 7.81. The SMILES string of the molecule is CC.O=C1NC(=O)C2CN(C(=O)c3cc(Cc4n[nH]c(=O)c5ccccc45)ccc3F)CC12. The molecule has 2 aromatic carbocycles. The van der Waals surface area contributed by atoms with Crippen LogP contribution >= 0.6 is 0 Å². The van der Waals surface area contributed by atoms with Crippen molar-refractivity contribution in [1.82, 2.24) is 20.4 Å². The summed E-state index contributed by atoms with van der Waals surface area (Å²) in [7, 11) is 0. The van der Waals surface area contributed by atoms with Crippen LogP contribution in [0.15, 0.2) is 47.3 Å². The van der Waals surface area contributed by atoms with Crippen LogP contribution in [0.4, 0.5) is 4.39 Å². The molecule has 0 saturated carbocycles. The van der Waals surface area contributed by atoms with Crippen molar-refractivity contribution in [2.45, 2.75) is 20.3 Å². The second-order valence-electron chi connectivity index (χ2n) is 7.81. The number of benzene rings is 2. The van der Waals surface area contributed by atoms with Crippen LogP contribution in [0, 0.1) is 17.7 Å². The van der Waals surface area contributed by atoms with Gasteiger partial charge in [-0.15, -0.1) is 0 Å². The van der Waals surface area contributed by atoms with Crippen LogP contribution in [-0.2, 0) is 16.0 Å². The van der Waals surface area contributed by atoms with Gasteiger partial charge in [-0.05, 0) is 23.8 Å². The molecule has 2 atom stereocenters. The zero-order chi connectivity index (χ0) is 23.7. The Balaban J connectivity index is 0.00000126. The van der Waals surface area contributed by atoms with E-state index in [1.165, 1.54) is 17.0 Å². The van der Waals surface area contributed by atoms with Crippen LogP contribution in [0.3, 0.4) is 0 Å². The number of aromatic nitrogens is 2. The first-order valence-corrected chi connectivity index (χ1v) is 10.8. The molecule has 0 bridgehead atoms. The van der Waals surface area contributed by atoms with E-state index >= 15 is 0 Å². The first-order chi connectivity index (χ1) is 15.9. The van der Waals surface area contributed by atoms with Gasteiger partial charge >= 0.3 is 0 Å². The highest BCUT2D eigenvalue weighted by molar-refractivity contribution is 6.07. The number of imide groups is 1. The van der Waals surface area contributed by atoms with Gasteiger partial charge in [0.15, 0.2) is 0 Å². The van der Waals surface area contributed by atoms with Gasteiger partial charge in [0.1, 0.15) is 5.82 Å². The Hall–Kier alpha value is -3.88. The average molecular weight is 450 g/mol. The van der Waals surface area contributed by atoms with Gasteiger partial charge in [-0.25, -0.2) is 9.49 Å². The van der Waals surface area contributed by atoms with Gasteiger partial charge in [0.25, 0.3) is 11.5 Å². The summed E-state index contributed by atoms with van der Waals surface area (Å²) >= 11 is 0. The molecular formula is C24H23FN4O4. The molecule has 2 N–H and O–H groups in total. The summed E-state index contributed by atoms with van der Waals surface area (Å²) in [4.78, 5) is 50.0. The van der Waals surface area contributed by atoms with Crippen molar-refractivity contribution in [3.63, 3.8) is 0 Å². The van der Waals surface area contributed by atoms with E-state index in [1.807, 2.05) is 13.8 Å². The highest BCUT2D eigenvalue weighted by Gasteiger charge is 2.49. The van der Waals surface area contributed by atoms with Crippen molar-refractivity contribution >= 4 is 28.5 Å². The molecular weight excluding hydrogens is 427 g/mol. The standard InChI is InChI=1S/C22H17FN4O4.C2H6/c23-17-6-5-11(8-18-12-3-1-2-4-13(12)21(30)26-25-18)7-14(17)22(31)27-9-15-16(10-27)20(29)24-19(15)28;1-2/h1-7,15-16H,8-10H2,(H,26,30)(H,24,28,29);1-2H3. The Morgan fingerprint density at radius 3 is 2.33 bits per heavy atom. The summed E-state index contributed by atoms with van der Waals surface area (Å²) in [6.07, 6.45) is 0.282. The number of hydrogen-bond acceptors (Lipinski definition) is 5. The third-order valence-corrected chi connectivity index (χ3v) is 5.93. The molecule has 9 heteroatoms. The van der Waals surface area contributed by atoms with Crippen LogP contribution in [0.2, 0.25) is 0 Å². The summed E-state index contributed by atoms with van der Waals surface area (Å²) in [5, 5.41) is 10.0. The number of aromatic amines is 1. The van der Waals surface area contributed by atoms with E-state index in [0.717, 1.165) is 0 Å². The van der Waals surface area contributed by atoms with E-state index in [-0.39, 0.29) is 30.6 Å². The minimum absolute atomic E-state index is 0.0802. The van der Waals surface area contributed by atoms with Gasteiger partial charge in [-0.1, -0.05) is 38.1 Å². The van der Waals surface area contributed by atoms with Gasteiger partial charge in [-0.3, -0.25) is 24.5 Å². The summed E-state index contributed by atoms with van der Waals surface area (Å²) in [6.45, 7) is 4.16. The Morgan fingerprint density at radius 1 is 1.03 bits per heavy atom. The van der Waals surface area contributed by atoms with Crippen molar-refractivity contribution < 1.29 is 18.8 Å². The number of carbonyl (C=O) groups is 3. The van der Waals surface area contributed by atoms with Crippen LogP contribution in [-0.4, -0.2) is 45.9 Å². The number of halogens is 1. The summed E-state index contributed by atoms with van der Waals surface area (Å²) in [5.74, 6) is -3.19. The number of nitrogens with zero attached hydrogens (tertiary/aromatic N) is 2. The molecule has 170 valence electrons. The van der Waals surface area contributed by atoms with Gasteiger partial charge in [0.05, 0.1) is 28.5 Å². The Bertz CT molecular complexity index is 1300. The molecule has 8 nitrogen and oxygen atoms in total. The maximum absolute atomic E-state index is 14.5. The molecule has 2 unspecified atom stereocenters. The molecule has 3 heterocycles. The number of fused-ring (bicyclic) bond motifs is 2. The normalized spacial score (nSPS) is 19.2. The zero-order valence-corrected chi connectivity index (χ0v) is 18.2. The van der Waals surface area contributed by atoms with Crippen molar-refractivity contribution in [3.8, 4) is 0 Å².